The molecule has 0 radical (unpaired) electrons. The molecule has 1 amide bonds. The average Bonchev–Trinajstić information content (AvgIpc) is 3.00. The second-order valence-electron chi connectivity index (χ2n) is 7.76. The summed E-state index contributed by atoms with van der Waals surface area (Å²) in [5.41, 5.74) is 0.198. The third-order valence-corrected chi connectivity index (χ3v) is 7.29. The van der Waals surface area contributed by atoms with Gasteiger partial charge in [-0.2, -0.15) is 0 Å². The number of fused-ring (bicyclic) bond motifs is 4. The molecule has 2 bridgehead atoms. The van der Waals surface area contributed by atoms with Gasteiger partial charge in [-0.1, -0.05) is 0 Å². The van der Waals surface area contributed by atoms with Crippen LogP contribution in [0.5, 0.6) is 0 Å². The van der Waals surface area contributed by atoms with E-state index in [9.17, 15) is 13.6 Å². The maximum Gasteiger partial charge on any atom is 0.261 e. The number of carbonyl (C=O) groups excluding carboxylic acids is 1. The van der Waals surface area contributed by atoms with Gasteiger partial charge in [-0.3, -0.25) is 9.69 Å². The summed E-state index contributed by atoms with van der Waals surface area (Å²) in [6.45, 7) is 8.09. The van der Waals surface area contributed by atoms with Crippen molar-refractivity contribution in [3.63, 3.8) is 0 Å². The number of aryl methyl sites for hydroxylation is 1. The first kappa shape index (κ1) is 16.9. The van der Waals surface area contributed by atoms with Crippen LogP contribution in [-0.2, 0) is 0 Å². The van der Waals surface area contributed by atoms with E-state index in [1.54, 1.807) is 13.0 Å². The summed E-state index contributed by atoms with van der Waals surface area (Å²) in [5.74, 6) is -1.35. The largest absolute Gasteiger partial charge is 0.346 e. The number of amides is 1. The van der Waals surface area contributed by atoms with Crippen LogP contribution in [0.3, 0.4) is 0 Å². The van der Waals surface area contributed by atoms with Gasteiger partial charge in [-0.05, 0) is 70.1 Å². The number of halogens is 2. The van der Waals surface area contributed by atoms with Crippen LogP contribution in [-0.4, -0.2) is 35.5 Å². The summed E-state index contributed by atoms with van der Waals surface area (Å²) in [4.78, 5) is 15.8. The molecule has 3 aliphatic heterocycles. The highest BCUT2D eigenvalue weighted by atomic mass is 32.1. The standard InChI is InChI=1S/C19H22F2N2OS/c1-10-15(21)13(20)8-12-9-14(25-16(10)12)18(24)22-17-11-4-6-23(7-5-11)19(17,2)3/h8-9,11,17H,4-7H2,1-3H3,(H,22,24). The van der Waals surface area contributed by atoms with Crippen LogP contribution in [0, 0.1) is 24.5 Å². The van der Waals surface area contributed by atoms with Crippen molar-refractivity contribution in [2.24, 2.45) is 5.92 Å². The van der Waals surface area contributed by atoms with Gasteiger partial charge in [0.05, 0.1) is 4.88 Å². The van der Waals surface area contributed by atoms with E-state index in [4.69, 9.17) is 0 Å². The van der Waals surface area contributed by atoms with Crippen LogP contribution in [0.2, 0.25) is 0 Å². The van der Waals surface area contributed by atoms with E-state index in [2.05, 4.69) is 24.1 Å². The molecule has 1 aromatic heterocycles. The maximum atomic E-state index is 13.8. The normalized spacial score (nSPS) is 27.6. The van der Waals surface area contributed by atoms with Gasteiger partial charge >= 0.3 is 0 Å². The minimum Gasteiger partial charge on any atom is -0.346 e. The lowest BCUT2D eigenvalue weighted by Gasteiger charge is -2.56. The van der Waals surface area contributed by atoms with Gasteiger partial charge in [-0.25, -0.2) is 8.78 Å². The van der Waals surface area contributed by atoms with Crippen molar-refractivity contribution in [1.82, 2.24) is 10.2 Å². The zero-order valence-electron chi connectivity index (χ0n) is 14.7. The van der Waals surface area contributed by atoms with Crippen LogP contribution < -0.4 is 5.32 Å². The van der Waals surface area contributed by atoms with E-state index in [1.807, 2.05) is 0 Å². The Labute approximate surface area is 150 Å². The van der Waals surface area contributed by atoms with Crippen molar-refractivity contribution < 1.29 is 13.6 Å². The molecule has 3 fully saturated rings. The molecule has 5 rings (SSSR count). The quantitative estimate of drug-likeness (QED) is 0.870. The third kappa shape index (κ3) is 2.57. The molecule has 1 atom stereocenters. The molecule has 25 heavy (non-hydrogen) atoms. The van der Waals surface area contributed by atoms with Crippen LogP contribution in [0.15, 0.2) is 12.1 Å². The van der Waals surface area contributed by atoms with Gasteiger partial charge in [0.1, 0.15) is 0 Å². The molecule has 1 aromatic carbocycles. The first-order valence-electron chi connectivity index (χ1n) is 8.73. The molecular weight excluding hydrogens is 342 g/mol. The van der Waals surface area contributed by atoms with Crippen molar-refractivity contribution >= 4 is 27.3 Å². The Morgan fingerprint density at radius 2 is 1.96 bits per heavy atom. The van der Waals surface area contributed by atoms with Crippen LogP contribution in [0.1, 0.15) is 41.9 Å². The highest BCUT2D eigenvalue weighted by Gasteiger charge is 2.48. The predicted octanol–water partition coefficient (Wildman–Crippen LogP) is 4.09. The zero-order chi connectivity index (χ0) is 17.9. The van der Waals surface area contributed by atoms with E-state index in [0.717, 1.165) is 25.9 Å². The molecule has 0 aliphatic carbocycles. The van der Waals surface area contributed by atoms with Gasteiger partial charge in [0, 0.05) is 21.8 Å². The first-order valence-corrected chi connectivity index (χ1v) is 9.54. The smallest absolute Gasteiger partial charge is 0.261 e. The summed E-state index contributed by atoms with van der Waals surface area (Å²) in [6, 6.07) is 2.94. The van der Waals surface area contributed by atoms with Crippen molar-refractivity contribution in [1.29, 1.82) is 0 Å². The van der Waals surface area contributed by atoms with Gasteiger partial charge in [0.2, 0.25) is 0 Å². The lowest BCUT2D eigenvalue weighted by molar-refractivity contribution is -0.0377. The van der Waals surface area contributed by atoms with E-state index in [-0.39, 0.29) is 23.1 Å². The lowest BCUT2D eigenvalue weighted by atomic mass is 9.72. The lowest BCUT2D eigenvalue weighted by Crippen LogP contribution is -2.69. The van der Waals surface area contributed by atoms with Crippen molar-refractivity contribution in [3.8, 4) is 0 Å². The molecule has 2 aromatic rings. The monoisotopic (exact) mass is 364 g/mol. The Hall–Kier alpha value is -1.53. The SMILES string of the molecule is Cc1c(F)c(F)cc2cc(C(=O)NC3C4CCN(CC4)C3(C)C)sc12. The molecule has 0 saturated carbocycles. The molecule has 1 N–H and O–H groups in total. The topological polar surface area (TPSA) is 32.3 Å². The van der Waals surface area contributed by atoms with E-state index in [0.29, 0.717) is 20.9 Å². The molecular formula is C19H22F2N2OS. The molecule has 3 nitrogen and oxygen atoms in total. The number of hydrogen-bond donors (Lipinski definition) is 1. The van der Waals surface area contributed by atoms with Crippen molar-refractivity contribution in [2.75, 3.05) is 13.1 Å². The maximum absolute atomic E-state index is 13.8. The Morgan fingerprint density at radius 3 is 2.60 bits per heavy atom. The fraction of sp³-hybridized carbons (Fsp3) is 0.526. The minimum absolute atomic E-state index is 0.0678. The summed E-state index contributed by atoms with van der Waals surface area (Å²) >= 11 is 1.23. The summed E-state index contributed by atoms with van der Waals surface area (Å²) in [5, 5.41) is 3.79. The second-order valence-corrected chi connectivity index (χ2v) is 8.81. The van der Waals surface area contributed by atoms with E-state index in [1.165, 1.54) is 17.4 Å². The number of piperidine rings is 3. The number of carbonyl (C=O) groups is 1. The average molecular weight is 364 g/mol. The zero-order valence-corrected chi connectivity index (χ0v) is 15.5. The number of hydrogen-bond acceptors (Lipinski definition) is 3. The number of benzene rings is 1. The molecule has 6 heteroatoms. The highest BCUT2D eigenvalue weighted by Crippen LogP contribution is 2.39. The molecule has 3 aliphatic rings. The Bertz CT molecular complexity index is 853. The van der Waals surface area contributed by atoms with Crippen LogP contribution in [0.4, 0.5) is 8.78 Å². The van der Waals surface area contributed by atoms with E-state index < -0.39 is 11.6 Å². The molecule has 3 saturated heterocycles. The van der Waals surface area contributed by atoms with Crippen LogP contribution in [0.25, 0.3) is 10.1 Å². The Morgan fingerprint density at radius 1 is 1.28 bits per heavy atom. The molecule has 0 spiro atoms. The summed E-state index contributed by atoms with van der Waals surface area (Å²) in [6.07, 6.45) is 2.21. The fourth-order valence-corrected chi connectivity index (χ4v) is 5.52. The Kier molecular flexibility index (Phi) is 3.88. The fourth-order valence-electron chi connectivity index (χ4n) is 4.49. The van der Waals surface area contributed by atoms with E-state index >= 15 is 0 Å². The van der Waals surface area contributed by atoms with Gasteiger partial charge in [-0.15, -0.1) is 11.3 Å². The predicted molar refractivity (Wildman–Crippen MR) is 96.1 cm³/mol. The van der Waals surface area contributed by atoms with Gasteiger partial charge in [0.15, 0.2) is 11.6 Å². The summed E-state index contributed by atoms with van der Waals surface area (Å²) < 4.78 is 28.0. The van der Waals surface area contributed by atoms with Gasteiger partial charge in [0.25, 0.3) is 5.91 Å². The van der Waals surface area contributed by atoms with Crippen molar-refractivity contribution in [2.45, 2.75) is 45.2 Å². The third-order valence-electron chi connectivity index (χ3n) is 6.02. The number of rotatable bonds is 2. The first-order chi connectivity index (χ1) is 11.8. The highest BCUT2D eigenvalue weighted by molar-refractivity contribution is 7.21. The second kappa shape index (κ2) is 5.74. The minimum atomic E-state index is -0.867. The van der Waals surface area contributed by atoms with Crippen LogP contribution >= 0.6 is 11.3 Å². The molecule has 134 valence electrons. The summed E-state index contributed by atoms with van der Waals surface area (Å²) in [7, 11) is 0. The van der Waals surface area contributed by atoms with Crippen molar-refractivity contribution in [3.05, 3.63) is 34.2 Å². The van der Waals surface area contributed by atoms with Gasteiger partial charge < -0.3 is 5.32 Å². The number of nitrogens with one attached hydrogen (secondary N) is 1. The molecule has 4 heterocycles. The number of nitrogens with zero attached hydrogens (tertiary/aromatic N) is 1. The number of thiophene rings is 1. The molecule has 1 unspecified atom stereocenters. The Balaban J connectivity index is 1.63.